The molecule has 0 amide bonds. The molecule has 25 heavy (non-hydrogen) atoms. The lowest BCUT2D eigenvalue weighted by Gasteiger charge is -2.25. The molecule has 2 heterocycles. The van der Waals surface area contributed by atoms with Crippen molar-refractivity contribution >= 4 is 5.96 Å². The summed E-state index contributed by atoms with van der Waals surface area (Å²) in [6.07, 6.45) is 6.45. The molecule has 2 fully saturated rings. The number of likely N-dealkylation sites (tertiary alicyclic amines) is 1. The Bertz CT molecular complexity index is 394. The minimum Gasteiger partial charge on any atom is -0.356 e. The first-order chi connectivity index (χ1) is 12.2. The molecule has 0 saturated carbocycles. The van der Waals surface area contributed by atoms with Gasteiger partial charge in [-0.1, -0.05) is 26.7 Å². The normalized spacial score (nSPS) is 24.1. The van der Waals surface area contributed by atoms with Crippen LogP contribution in [0.4, 0.5) is 0 Å². The Morgan fingerprint density at radius 3 is 2.64 bits per heavy atom. The van der Waals surface area contributed by atoms with E-state index in [1.54, 1.807) is 0 Å². The fraction of sp³-hybridized carbons (Fsp3) is 0.950. The summed E-state index contributed by atoms with van der Waals surface area (Å²) in [5, 5.41) is 3.61. The maximum absolute atomic E-state index is 4.54. The first kappa shape index (κ1) is 20.5. The van der Waals surface area contributed by atoms with Gasteiger partial charge in [0.15, 0.2) is 5.96 Å². The lowest BCUT2D eigenvalue weighted by atomic mass is 9.87. The number of likely N-dealkylation sites (N-methyl/N-ethyl adjacent to an activating group) is 1. The molecular weight excluding hydrogens is 310 g/mol. The Balaban J connectivity index is 1.67. The zero-order valence-electron chi connectivity index (χ0n) is 17.1. The highest BCUT2D eigenvalue weighted by Crippen LogP contribution is 2.28. The van der Waals surface area contributed by atoms with Crippen molar-refractivity contribution in [1.29, 1.82) is 0 Å². The van der Waals surface area contributed by atoms with Crippen LogP contribution < -0.4 is 5.32 Å². The van der Waals surface area contributed by atoms with Gasteiger partial charge in [-0.15, -0.1) is 0 Å². The minimum atomic E-state index is 0.850. The van der Waals surface area contributed by atoms with Crippen LogP contribution in [0.5, 0.6) is 0 Å². The van der Waals surface area contributed by atoms with Crippen LogP contribution in [0.2, 0.25) is 0 Å². The van der Waals surface area contributed by atoms with E-state index in [4.69, 9.17) is 0 Å². The van der Waals surface area contributed by atoms with Crippen LogP contribution in [0.1, 0.15) is 46.0 Å². The molecule has 0 spiro atoms. The number of nitrogens with one attached hydrogen (secondary N) is 1. The lowest BCUT2D eigenvalue weighted by Crippen LogP contribution is -2.41. The Morgan fingerprint density at radius 1 is 1.12 bits per heavy atom. The quantitative estimate of drug-likeness (QED) is 0.434. The summed E-state index contributed by atoms with van der Waals surface area (Å²) in [5.74, 6) is 2.84. The largest absolute Gasteiger partial charge is 0.356 e. The van der Waals surface area contributed by atoms with Gasteiger partial charge in [-0.2, -0.15) is 0 Å². The maximum Gasteiger partial charge on any atom is 0.193 e. The second kappa shape index (κ2) is 11.0. The first-order valence-electron chi connectivity index (χ1n) is 10.5. The van der Waals surface area contributed by atoms with E-state index in [-0.39, 0.29) is 0 Å². The summed E-state index contributed by atoms with van der Waals surface area (Å²) in [5.41, 5.74) is 0. The zero-order chi connectivity index (χ0) is 18.1. The van der Waals surface area contributed by atoms with Crippen molar-refractivity contribution < 1.29 is 0 Å². The molecule has 2 aliphatic heterocycles. The van der Waals surface area contributed by atoms with Crippen LogP contribution in [-0.2, 0) is 0 Å². The van der Waals surface area contributed by atoms with Crippen LogP contribution in [0, 0.1) is 11.8 Å². The fourth-order valence-electron chi connectivity index (χ4n) is 4.48. The van der Waals surface area contributed by atoms with Gasteiger partial charge in [0.05, 0.1) is 0 Å². The molecule has 2 rings (SSSR count). The van der Waals surface area contributed by atoms with Crippen molar-refractivity contribution in [2.24, 2.45) is 16.8 Å². The van der Waals surface area contributed by atoms with E-state index in [2.05, 4.69) is 45.9 Å². The average molecular weight is 352 g/mol. The van der Waals surface area contributed by atoms with Crippen LogP contribution in [0.25, 0.3) is 0 Å². The standard InChI is InChI=1S/C20H41N5/c1-5-18(6-2)19-9-14-25(17-19)20(21-3)22-10-7-12-24-13-8-11-23(4)15-16-24/h18-19H,5-17H2,1-4H3,(H,21,22). The van der Waals surface area contributed by atoms with Gasteiger partial charge in [-0.3, -0.25) is 4.99 Å². The second-order valence-electron chi connectivity index (χ2n) is 7.90. The van der Waals surface area contributed by atoms with Crippen LogP contribution in [-0.4, -0.2) is 87.1 Å². The molecule has 146 valence electrons. The number of rotatable bonds is 7. The van der Waals surface area contributed by atoms with Gasteiger partial charge in [-0.05, 0) is 57.8 Å². The molecule has 0 aromatic rings. The molecule has 2 saturated heterocycles. The molecule has 0 bridgehead atoms. The van der Waals surface area contributed by atoms with E-state index in [0.717, 1.165) is 24.3 Å². The van der Waals surface area contributed by atoms with Gasteiger partial charge in [0.2, 0.25) is 0 Å². The third-order valence-electron chi connectivity index (χ3n) is 6.20. The summed E-state index contributed by atoms with van der Waals surface area (Å²) in [4.78, 5) is 12.1. The van der Waals surface area contributed by atoms with Crippen LogP contribution in [0.15, 0.2) is 4.99 Å². The first-order valence-corrected chi connectivity index (χ1v) is 10.5. The van der Waals surface area contributed by atoms with Gasteiger partial charge in [0, 0.05) is 39.8 Å². The SMILES string of the molecule is CCC(CC)C1CCN(C(=NC)NCCCN2CCCN(C)CC2)C1. The number of hydrogen-bond acceptors (Lipinski definition) is 3. The molecule has 0 aromatic carbocycles. The monoisotopic (exact) mass is 351 g/mol. The van der Waals surface area contributed by atoms with E-state index in [1.807, 2.05) is 7.05 Å². The highest BCUT2D eigenvalue weighted by Gasteiger charge is 2.29. The van der Waals surface area contributed by atoms with Crippen LogP contribution >= 0.6 is 0 Å². The van der Waals surface area contributed by atoms with E-state index in [9.17, 15) is 0 Å². The van der Waals surface area contributed by atoms with Crippen molar-refractivity contribution in [2.75, 3.05) is 66.5 Å². The molecular formula is C20H41N5. The second-order valence-corrected chi connectivity index (χ2v) is 7.90. The highest BCUT2D eigenvalue weighted by atomic mass is 15.3. The average Bonchev–Trinajstić information content (AvgIpc) is 3.00. The molecule has 0 aromatic heterocycles. The van der Waals surface area contributed by atoms with Gasteiger partial charge >= 0.3 is 0 Å². The van der Waals surface area contributed by atoms with E-state index < -0.39 is 0 Å². The minimum absolute atomic E-state index is 0.850. The zero-order valence-corrected chi connectivity index (χ0v) is 17.1. The van der Waals surface area contributed by atoms with Gasteiger partial charge in [-0.25, -0.2) is 0 Å². The van der Waals surface area contributed by atoms with E-state index in [0.29, 0.717) is 0 Å². The predicted molar refractivity (Wildman–Crippen MR) is 108 cm³/mol. The number of nitrogens with zero attached hydrogens (tertiary/aromatic N) is 4. The van der Waals surface area contributed by atoms with Gasteiger partial charge < -0.3 is 20.0 Å². The Morgan fingerprint density at radius 2 is 1.92 bits per heavy atom. The topological polar surface area (TPSA) is 34.1 Å². The summed E-state index contributed by atoms with van der Waals surface area (Å²) in [6, 6.07) is 0. The predicted octanol–water partition coefficient (Wildman–Crippen LogP) is 2.35. The Kier molecular flexibility index (Phi) is 9.04. The van der Waals surface area contributed by atoms with E-state index in [1.165, 1.54) is 77.9 Å². The van der Waals surface area contributed by atoms with Gasteiger partial charge in [0.1, 0.15) is 0 Å². The van der Waals surface area contributed by atoms with E-state index >= 15 is 0 Å². The summed E-state index contributed by atoms with van der Waals surface area (Å²) >= 11 is 0. The highest BCUT2D eigenvalue weighted by molar-refractivity contribution is 5.80. The molecule has 0 aliphatic carbocycles. The van der Waals surface area contributed by atoms with Crippen molar-refractivity contribution in [1.82, 2.24) is 20.0 Å². The molecule has 2 aliphatic rings. The molecule has 1 unspecified atom stereocenters. The molecule has 1 N–H and O–H groups in total. The summed E-state index contributed by atoms with van der Waals surface area (Å²) in [6.45, 7) is 14.2. The Hall–Kier alpha value is -0.810. The smallest absolute Gasteiger partial charge is 0.193 e. The van der Waals surface area contributed by atoms with Gasteiger partial charge in [0.25, 0.3) is 0 Å². The fourth-order valence-corrected chi connectivity index (χ4v) is 4.48. The maximum atomic E-state index is 4.54. The molecule has 5 heteroatoms. The number of guanidine groups is 1. The third kappa shape index (κ3) is 6.45. The molecule has 0 radical (unpaired) electrons. The van der Waals surface area contributed by atoms with Crippen molar-refractivity contribution in [3.05, 3.63) is 0 Å². The molecule has 1 atom stereocenters. The Labute approximate surface area is 155 Å². The summed E-state index contributed by atoms with van der Waals surface area (Å²) in [7, 11) is 4.16. The van der Waals surface area contributed by atoms with Crippen molar-refractivity contribution in [2.45, 2.75) is 46.0 Å². The summed E-state index contributed by atoms with van der Waals surface area (Å²) < 4.78 is 0. The number of hydrogen-bond donors (Lipinski definition) is 1. The third-order valence-corrected chi connectivity index (χ3v) is 6.20. The van der Waals surface area contributed by atoms with Crippen molar-refractivity contribution in [3.8, 4) is 0 Å². The lowest BCUT2D eigenvalue weighted by molar-refractivity contribution is 0.273. The van der Waals surface area contributed by atoms with Crippen LogP contribution in [0.3, 0.4) is 0 Å². The molecule has 5 nitrogen and oxygen atoms in total. The van der Waals surface area contributed by atoms with Crippen molar-refractivity contribution in [3.63, 3.8) is 0 Å². The number of aliphatic imine (C=N–C) groups is 1.